The molecule has 1 heterocycles. The number of nitrogens with zero attached hydrogens (tertiary/aromatic N) is 3. The van der Waals surface area contributed by atoms with Crippen LogP contribution in [0.25, 0.3) is 0 Å². The van der Waals surface area contributed by atoms with Gasteiger partial charge in [-0.1, -0.05) is 4.98 Å². The Kier molecular flexibility index (Phi) is 8.09. The number of carboxylic acid groups (broad SMARTS) is 2. The summed E-state index contributed by atoms with van der Waals surface area (Å²) in [6.07, 6.45) is 2.57. The molecule has 0 aliphatic heterocycles. The summed E-state index contributed by atoms with van der Waals surface area (Å²) in [7, 11) is 0. The van der Waals surface area contributed by atoms with E-state index in [1.807, 2.05) is 0 Å². The summed E-state index contributed by atoms with van der Waals surface area (Å²) >= 11 is 0. The molecule has 34 heavy (non-hydrogen) atoms. The quantitative estimate of drug-likeness (QED) is 0.125. The number of hydrogen-bond acceptors (Lipinski definition) is 9. The molecule has 0 fully saturated rings. The number of phenols is 2. The monoisotopic (exact) mass is 473 g/mol. The molecule has 0 atom stereocenters. The van der Waals surface area contributed by atoms with Gasteiger partial charge in [-0.05, 0) is 41.3 Å². The van der Waals surface area contributed by atoms with E-state index in [2.05, 4.69) is 10.3 Å². The first kappa shape index (κ1) is 25.1. The van der Waals surface area contributed by atoms with Crippen LogP contribution in [0.15, 0.2) is 48.8 Å². The van der Waals surface area contributed by atoms with Gasteiger partial charge >= 0.3 is 17.9 Å². The summed E-state index contributed by atoms with van der Waals surface area (Å²) in [5.74, 6) is -4.02. The number of aryl methyl sites for hydroxylation is 1. The van der Waals surface area contributed by atoms with Gasteiger partial charge in [0, 0.05) is 11.4 Å². The van der Waals surface area contributed by atoms with Crippen LogP contribution in [0, 0.1) is 10.1 Å². The van der Waals surface area contributed by atoms with E-state index in [1.165, 1.54) is 41.2 Å². The molecule has 0 aliphatic rings. The Bertz CT molecular complexity index is 1240. The predicted molar refractivity (Wildman–Crippen MR) is 117 cm³/mol. The van der Waals surface area contributed by atoms with E-state index in [9.17, 15) is 29.6 Å². The van der Waals surface area contributed by atoms with Gasteiger partial charge in [0.1, 0.15) is 35.0 Å². The van der Waals surface area contributed by atoms with Crippen LogP contribution in [0.1, 0.15) is 27.1 Å². The van der Waals surface area contributed by atoms with Crippen LogP contribution < -0.4 is 11.1 Å². The number of nitro groups is 1. The molecule has 0 bridgehead atoms. The number of carbonyl (C=O) groups is 3. The third kappa shape index (κ3) is 6.68. The number of aromatic hydroxyl groups is 2. The Labute approximate surface area is 190 Å². The number of nitrogen functional groups attached to an aromatic ring is 1. The van der Waals surface area contributed by atoms with E-state index in [0.717, 1.165) is 12.1 Å². The van der Waals surface area contributed by atoms with E-state index < -0.39 is 28.5 Å². The third-order valence-electron chi connectivity index (χ3n) is 4.20. The van der Waals surface area contributed by atoms with Gasteiger partial charge in [0.15, 0.2) is 0 Å². The van der Waals surface area contributed by atoms with E-state index >= 15 is 0 Å². The van der Waals surface area contributed by atoms with Crippen molar-refractivity contribution in [3.63, 3.8) is 0 Å². The minimum absolute atomic E-state index is 0.0476. The normalized spacial score (nSPS) is 10.0. The van der Waals surface area contributed by atoms with Crippen LogP contribution in [0.3, 0.4) is 0 Å². The first-order chi connectivity index (χ1) is 16.0. The lowest BCUT2D eigenvalue weighted by Crippen LogP contribution is -2.15. The SMILES string of the molecule is Nc1ccc(O)c(C(=O)O)c1.O=C(CCn1ccnc1[N+](=O)[O-])Nc1ccc(O)c(C(=O)O)c1. The molecule has 0 aliphatic carbocycles. The molecule has 14 heteroatoms. The minimum Gasteiger partial charge on any atom is -0.507 e. The minimum atomic E-state index is -1.33. The molecule has 0 saturated carbocycles. The molecule has 7 N–H and O–H groups in total. The number of carbonyl (C=O) groups excluding carboxylic acids is 1. The van der Waals surface area contributed by atoms with Crippen molar-refractivity contribution in [2.75, 3.05) is 11.1 Å². The van der Waals surface area contributed by atoms with Crippen LogP contribution in [0.2, 0.25) is 0 Å². The van der Waals surface area contributed by atoms with Crippen molar-refractivity contribution in [3.05, 3.63) is 70.0 Å². The number of aromatic carboxylic acids is 2. The van der Waals surface area contributed by atoms with Gasteiger partial charge in [-0.2, -0.15) is 0 Å². The van der Waals surface area contributed by atoms with E-state index in [4.69, 9.17) is 21.1 Å². The Morgan fingerprint density at radius 3 is 2.18 bits per heavy atom. The number of carboxylic acids is 2. The maximum atomic E-state index is 11.8. The van der Waals surface area contributed by atoms with Crippen LogP contribution in [-0.2, 0) is 11.3 Å². The van der Waals surface area contributed by atoms with Crippen LogP contribution in [-0.4, -0.2) is 52.7 Å². The molecular formula is C20H19N5O9. The van der Waals surface area contributed by atoms with Crippen LogP contribution in [0.5, 0.6) is 11.5 Å². The highest BCUT2D eigenvalue weighted by atomic mass is 16.6. The van der Waals surface area contributed by atoms with Crippen molar-refractivity contribution in [2.24, 2.45) is 0 Å². The fourth-order valence-electron chi connectivity index (χ4n) is 2.60. The van der Waals surface area contributed by atoms with Gasteiger partial charge in [0.25, 0.3) is 0 Å². The van der Waals surface area contributed by atoms with Gasteiger partial charge in [-0.15, -0.1) is 0 Å². The van der Waals surface area contributed by atoms with E-state index in [1.54, 1.807) is 0 Å². The second kappa shape index (κ2) is 10.9. The first-order valence-electron chi connectivity index (χ1n) is 9.33. The Morgan fingerprint density at radius 2 is 1.62 bits per heavy atom. The predicted octanol–water partition coefficient (Wildman–Crippen LogP) is 1.90. The number of benzene rings is 2. The zero-order valence-corrected chi connectivity index (χ0v) is 17.3. The molecule has 3 aromatic rings. The van der Waals surface area contributed by atoms with Gasteiger partial charge in [0.05, 0.1) is 13.0 Å². The lowest BCUT2D eigenvalue weighted by atomic mass is 10.1. The van der Waals surface area contributed by atoms with E-state index in [-0.39, 0.29) is 41.5 Å². The van der Waals surface area contributed by atoms with Crippen molar-refractivity contribution in [3.8, 4) is 11.5 Å². The zero-order chi connectivity index (χ0) is 25.4. The largest absolute Gasteiger partial charge is 0.507 e. The lowest BCUT2D eigenvalue weighted by Gasteiger charge is -2.07. The van der Waals surface area contributed by atoms with Crippen molar-refractivity contribution in [2.45, 2.75) is 13.0 Å². The summed E-state index contributed by atoms with van der Waals surface area (Å²) in [6, 6.07) is 7.51. The van der Waals surface area contributed by atoms with Gasteiger partial charge in [-0.25, -0.2) is 14.2 Å². The van der Waals surface area contributed by atoms with Gasteiger partial charge in [0.2, 0.25) is 5.91 Å². The molecule has 3 rings (SSSR count). The maximum absolute atomic E-state index is 11.8. The van der Waals surface area contributed by atoms with E-state index in [0.29, 0.717) is 5.69 Å². The first-order valence-corrected chi connectivity index (χ1v) is 9.33. The molecule has 0 spiro atoms. The van der Waals surface area contributed by atoms with Crippen LogP contribution >= 0.6 is 0 Å². The average Bonchev–Trinajstić information content (AvgIpc) is 3.24. The highest BCUT2D eigenvalue weighted by Gasteiger charge is 2.16. The summed E-state index contributed by atoms with van der Waals surface area (Å²) in [6.45, 7) is 0.0476. The van der Waals surface area contributed by atoms with Gasteiger partial charge < -0.3 is 41.6 Å². The standard InChI is InChI=1S/C13H12N4O6.C7H7NO3/c18-10-2-1-8(7-9(10)12(20)21)15-11(19)3-5-16-6-4-14-13(16)17(22)23;8-4-1-2-6(9)5(3-4)7(10)11/h1-2,4,6-7,18H,3,5H2,(H,15,19)(H,20,21);1-3,9H,8H2,(H,10,11). The number of nitrogens with two attached hydrogens (primary N) is 1. The number of rotatable bonds is 7. The molecule has 0 unspecified atom stereocenters. The number of aromatic nitrogens is 2. The number of anilines is 2. The fraction of sp³-hybridized carbons (Fsp3) is 0.100. The van der Waals surface area contributed by atoms with Crippen molar-refractivity contribution in [1.82, 2.24) is 9.55 Å². The smallest absolute Gasteiger partial charge is 0.434 e. The number of imidazole rings is 1. The molecule has 0 radical (unpaired) electrons. The topological polar surface area (TPSA) is 231 Å². The zero-order valence-electron chi connectivity index (χ0n) is 17.3. The maximum Gasteiger partial charge on any atom is 0.434 e. The summed E-state index contributed by atoms with van der Waals surface area (Å²) in [5.41, 5.74) is 5.29. The summed E-state index contributed by atoms with van der Waals surface area (Å²) < 4.78 is 1.22. The molecule has 2 aromatic carbocycles. The fourth-order valence-corrected chi connectivity index (χ4v) is 2.60. The van der Waals surface area contributed by atoms with Crippen molar-refractivity contribution in [1.29, 1.82) is 0 Å². The highest BCUT2D eigenvalue weighted by Crippen LogP contribution is 2.22. The average molecular weight is 473 g/mol. The summed E-state index contributed by atoms with van der Waals surface area (Å²) in [4.78, 5) is 46.7. The van der Waals surface area contributed by atoms with Gasteiger partial charge in [-0.3, -0.25) is 4.79 Å². The molecule has 1 amide bonds. The molecule has 0 saturated heterocycles. The number of amides is 1. The Morgan fingerprint density at radius 1 is 1.03 bits per heavy atom. The second-order valence-electron chi connectivity index (χ2n) is 6.59. The lowest BCUT2D eigenvalue weighted by molar-refractivity contribution is -0.396. The molecular weight excluding hydrogens is 454 g/mol. The molecule has 14 nitrogen and oxygen atoms in total. The Balaban J connectivity index is 0.000000310. The highest BCUT2D eigenvalue weighted by molar-refractivity contribution is 5.95. The second-order valence-corrected chi connectivity index (χ2v) is 6.59. The Hall–Kier alpha value is -5.14. The molecule has 178 valence electrons. The van der Waals surface area contributed by atoms with Crippen LogP contribution in [0.4, 0.5) is 17.3 Å². The molecule has 1 aromatic heterocycles. The number of hydrogen-bond donors (Lipinski definition) is 6. The van der Waals surface area contributed by atoms with Crippen molar-refractivity contribution < 1.29 is 39.7 Å². The number of nitrogens with one attached hydrogen (secondary N) is 1. The summed E-state index contributed by atoms with van der Waals surface area (Å²) in [5, 5.41) is 48.9. The third-order valence-corrected chi connectivity index (χ3v) is 4.20. The van der Waals surface area contributed by atoms with Crippen molar-refractivity contribution >= 4 is 35.2 Å².